The molecule has 0 saturated heterocycles. The van der Waals surface area contributed by atoms with Crippen LogP contribution in [0.2, 0.25) is 5.02 Å². The first-order valence-electron chi connectivity index (χ1n) is 4.51. The Morgan fingerprint density at radius 3 is 2.93 bits per heavy atom. The second-order valence-corrected chi connectivity index (χ2v) is 4.47. The first kappa shape index (κ1) is 11.7. The maximum Gasteiger partial charge on any atom is 0.0590 e. The SMILES string of the molecule is C=CCCC(NN)c1scc(C)c1Cl. The number of allylic oxidation sites excluding steroid dienone is 1. The summed E-state index contributed by atoms with van der Waals surface area (Å²) in [7, 11) is 0. The molecule has 1 aromatic rings. The fourth-order valence-electron chi connectivity index (χ4n) is 1.26. The van der Waals surface area contributed by atoms with Gasteiger partial charge in [-0.3, -0.25) is 11.3 Å². The van der Waals surface area contributed by atoms with Crippen molar-refractivity contribution in [2.75, 3.05) is 0 Å². The molecule has 4 heteroatoms. The van der Waals surface area contributed by atoms with Gasteiger partial charge in [0.25, 0.3) is 0 Å². The van der Waals surface area contributed by atoms with Crippen molar-refractivity contribution in [2.45, 2.75) is 25.8 Å². The van der Waals surface area contributed by atoms with E-state index in [0.29, 0.717) is 0 Å². The Labute approximate surface area is 93.7 Å². The lowest BCUT2D eigenvalue weighted by Crippen LogP contribution is -2.27. The number of nitrogens with one attached hydrogen (secondary N) is 1. The predicted octanol–water partition coefficient (Wildman–Crippen LogP) is 3.18. The van der Waals surface area contributed by atoms with E-state index in [1.165, 1.54) is 0 Å². The molecule has 0 bridgehead atoms. The standard InChI is InChI=1S/C10H15ClN2S/c1-3-4-5-8(13-12)10-9(11)7(2)6-14-10/h3,6,8,13H,1,4-5,12H2,2H3. The minimum Gasteiger partial charge on any atom is -0.271 e. The maximum absolute atomic E-state index is 6.15. The summed E-state index contributed by atoms with van der Waals surface area (Å²) in [5.41, 5.74) is 3.90. The van der Waals surface area contributed by atoms with E-state index in [-0.39, 0.29) is 6.04 Å². The zero-order valence-electron chi connectivity index (χ0n) is 8.22. The number of hydrazine groups is 1. The molecule has 0 aliphatic carbocycles. The first-order valence-corrected chi connectivity index (χ1v) is 5.77. The summed E-state index contributed by atoms with van der Waals surface area (Å²) >= 11 is 7.80. The van der Waals surface area contributed by atoms with Crippen LogP contribution in [0.25, 0.3) is 0 Å². The summed E-state index contributed by atoms with van der Waals surface area (Å²) in [6.07, 6.45) is 3.75. The van der Waals surface area contributed by atoms with E-state index in [1.54, 1.807) is 11.3 Å². The monoisotopic (exact) mass is 230 g/mol. The molecule has 1 unspecified atom stereocenters. The van der Waals surface area contributed by atoms with Crippen molar-refractivity contribution in [1.29, 1.82) is 0 Å². The minimum absolute atomic E-state index is 0.138. The van der Waals surface area contributed by atoms with Crippen molar-refractivity contribution in [2.24, 2.45) is 5.84 Å². The summed E-state index contributed by atoms with van der Waals surface area (Å²) in [6, 6.07) is 0.138. The highest BCUT2D eigenvalue weighted by molar-refractivity contribution is 7.10. The Morgan fingerprint density at radius 1 is 1.79 bits per heavy atom. The third-order valence-electron chi connectivity index (χ3n) is 2.10. The van der Waals surface area contributed by atoms with Crippen LogP contribution in [0.5, 0.6) is 0 Å². The maximum atomic E-state index is 6.15. The van der Waals surface area contributed by atoms with Crippen LogP contribution < -0.4 is 11.3 Å². The van der Waals surface area contributed by atoms with Crippen molar-refractivity contribution in [1.82, 2.24) is 5.43 Å². The van der Waals surface area contributed by atoms with Gasteiger partial charge >= 0.3 is 0 Å². The van der Waals surface area contributed by atoms with Gasteiger partial charge in [0.05, 0.1) is 11.1 Å². The Balaban J connectivity index is 2.78. The zero-order valence-corrected chi connectivity index (χ0v) is 9.79. The lowest BCUT2D eigenvalue weighted by Gasteiger charge is -2.13. The smallest absolute Gasteiger partial charge is 0.0590 e. The number of rotatable bonds is 5. The fourth-order valence-corrected chi connectivity index (χ4v) is 2.68. The van der Waals surface area contributed by atoms with Crippen LogP contribution in [0, 0.1) is 6.92 Å². The molecular weight excluding hydrogens is 216 g/mol. The third-order valence-corrected chi connectivity index (χ3v) is 3.93. The number of hydrogen-bond donors (Lipinski definition) is 2. The minimum atomic E-state index is 0.138. The van der Waals surface area contributed by atoms with Gasteiger partial charge in [-0.05, 0) is 30.7 Å². The topological polar surface area (TPSA) is 38.0 Å². The number of nitrogens with two attached hydrogens (primary N) is 1. The quantitative estimate of drug-likeness (QED) is 0.463. The van der Waals surface area contributed by atoms with Gasteiger partial charge in [0.15, 0.2) is 0 Å². The molecule has 3 N–H and O–H groups in total. The largest absolute Gasteiger partial charge is 0.271 e. The van der Waals surface area contributed by atoms with E-state index >= 15 is 0 Å². The fraction of sp³-hybridized carbons (Fsp3) is 0.400. The number of halogens is 1. The molecule has 2 nitrogen and oxygen atoms in total. The molecule has 0 saturated carbocycles. The van der Waals surface area contributed by atoms with Crippen LogP contribution in [0.1, 0.15) is 29.3 Å². The Morgan fingerprint density at radius 2 is 2.50 bits per heavy atom. The highest BCUT2D eigenvalue weighted by Gasteiger charge is 2.15. The van der Waals surface area contributed by atoms with Crippen molar-refractivity contribution in [3.8, 4) is 0 Å². The average molecular weight is 231 g/mol. The Kier molecular flexibility index (Phi) is 4.62. The molecule has 0 aliphatic rings. The molecule has 1 atom stereocenters. The number of thiophene rings is 1. The summed E-state index contributed by atoms with van der Waals surface area (Å²) in [6.45, 7) is 5.69. The molecule has 14 heavy (non-hydrogen) atoms. The normalized spacial score (nSPS) is 12.8. The molecule has 1 aromatic heterocycles. The Hall–Kier alpha value is -0.350. The average Bonchev–Trinajstić information content (AvgIpc) is 2.51. The third kappa shape index (κ3) is 2.58. The zero-order chi connectivity index (χ0) is 10.6. The van der Waals surface area contributed by atoms with Crippen LogP contribution >= 0.6 is 22.9 Å². The summed E-state index contributed by atoms with van der Waals surface area (Å²) in [4.78, 5) is 1.12. The van der Waals surface area contributed by atoms with Crippen LogP contribution in [0.4, 0.5) is 0 Å². The van der Waals surface area contributed by atoms with E-state index in [1.807, 2.05) is 13.0 Å². The van der Waals surface area contributed by atoms with E-state index < -0.39 is 0 Å². The van der Waals surface area contributed by atoms with Crippen molar-refractivity contribution in [3.05, 3.63) is 33.5 Å². The molecule has 0 amide bonds. The molecule has 0 radical (unpaired) electrons. The van der Waals surface area contributed by atoms with Gasteiger partial charge in [-0.25, -0.2) is 0 Å². The second-order valence-electron chi connectivity index (χ2n) is 3.18. The van der Waals surface area contributed by atoms with Crippen LogP contribution in [-0.2, 0) is 0 Å². The lowest BCUT2D eigenvalue weighted by atomic mass is 10.1. The van der Waals surface area contributed by atoms with E-state index in [2.05, 4.69) is 17.4 Å². The van der Waals surface area contributed by atoms with Crippen LogP contribution in [0.15, 0.2) is 18.0 Å². The van der Waals surface area contributed by atoms with Gasteiger partial charge in [-0.15, -0.1) is 17.9 Å². The lowest BCUT2D eigenvalue weighted by molar-refractivity contribution is 0.529. The van der Waals surface area contributed by atoms with E-state index in [4.69, 9.17) is 17.4 Å². The van der Waals surface area contributed by atoms with Crippen LogP contribution in [-0.4, -0.2) is 0 Å². The molecule has 1 rings (SSSR count). The van der Waals surface area contributed by atoms with Crippen LogP contribution in [0.3, 0.4) is 0 Å². The molecule has 0 fully saturated rings. The summed E-state index contributed by atoms with van der Waals surface area (Å²) < 4.78 is 0. The molecule has 0 aliphatic heterocycles. The number of hydrogen-bond acceptors (Lipinski definition) is 3. The second kappa shape index (κ2) is 5.51. The van der Waals surface area contributed by atoms with E-state index in [9.17, 15) is 0 Å². The summed E-state index contributed by atoms with van der Waals surface area (Å²) in [5, 5.41) is 2.89. The molecule has 78 valence electrons. The van der Waals surface area contributed by atoms with Crippen molar-refractivity contribution >= 4 is 22.9 Å². The van der Waals surface area contributed by atoms with Gasteiger partial charge < -0.3 is 0 Å². The van der Waals surface area contributed by atoms with Crippen molar-refractivity contribution < 1.29 is 0 Å². The van der Waals surface area contributed by atoms with Crippen molar-refractivity contribution in [3.63, 3.8) is 0 Å². The Bertz CT molecular complexity index is 309. The van der Waals surface area contributed by atoms with Gasteiger partial charge in [0.2, 0.25) is 0 Å². The molecular formula is C10H15ClN2S. The molecule has 1 heterocycles. The van der Waals surface area contributed by atoms with E-state index in [0.717, 1.165) is 28.3 Å². The predicted molar refractivity (Wildman–Crippen MR) is 63.6 cm³/mol. The van der Waals surface area contributed by atoms with Gasteiger partial charge in [-0.1, -0.05) is 17.7 Å². The van der Waals surface area contributed by atoms with Gasteiger partial charge in [-0.2, -0.15) is 0 Å². The van der Waals surface area contributed by atoms with Gasteiger partial charge in [0.1, 0.15) is 0 Å². The molecule has 0 spiro atoms. The highest BCUT2D eigenvalue weighted by atomic mass is 35.5. The highest BCUT2D eigenvalue weighted by Crippen LogP contribution is 2.33. The molecule has 0 aromatic carbocycles. The first-order chi connectivity index (χ1) is 6.70. The summed E-state index contributed by atoms with van der Waals surface area (Å²) in [5.74, 6) is 5.49. The van der Waals surface area contributed by atoms with Gasteiger partial charge in [0, 0.05) is 4.88 Å². The number of aryl methyl sites for hydroxylation is 1.